The van der Waals surface area contributed by atoms with Crippen LogP contribution in [0.3, 0.4) is 0 Å². The van der Waals surface area contributed by atoms with Crippen molar-refractivity contribution in [1.29, 1.82) is 0 Å². The number of benzene rings is 1. The topological polar surface area (TPSA) is 59.5 Å². The highest BCUT2D eigenvalue weighted by Crippen LogP contribution is 2.30. The molecule has 1 fully saturated rings. The summed E-state index contributed by atoms with van der Waals surface area (Å²) < 4.78 is 47.0. The number of halogens is 5. The molecule has 2 aromatic rings. The Kier molecular flexibility index (Phi) is 7.93. The van der Waals surface area contributed by atoms with Crippen LogP contribution < -0.4 is 15.0 Å². The first-order valence-electron chi connectivity index (χ1n) is 8.79. The summed E-state index contributed by atoms with van der Waals surface area (Å²) >= 11 is 0. The molecule has 11 heteroatoms. The van der Waals surface area contributed by atoms with Gasteiger partial charge in [-0.2, -0.15) is 0 Å². The van der Waals surface area contributed by atoms with Gasteiger partial charge in [0, 0.05) is 30.8 Å². The van der Waals surface area contributed by atoms with Gasteiger partial charge in [-0.1, -0.05) is 12.1 Å². The van der Waals surface area contributed by atoms with Gasteiger partial charge in [-0.25, -0.2) is 9.97 Å². The second-order valence-electron chi connectivity index (χ2n) is 6.40. The number of morpholine rings is 1. The average molecular weight is 453 g/mol. The van der Waals surface area contributed by atoms with Gasteiger partial charge in [0.25, 0.3) is 0 Å². The molecule has 29 heavy (non-hydrogen) atoms. The van der Waals surface area contributed by atoms with E-state index in [1.807, 2.05) is 0 Å². The Balaban J connectivity index is 0.00000150. The number of rotatable bonds is 3. The quantitative estimate of drug-likeness (QED) is 0.770. The molecule has 2 aliphatic rings. The SMILES string of the molecule is Cl.Cl.FC(F)(F)Oc1cccc(-c2nc3c(c(N4CCOCC4)n2)CCNC3)c1. The number of fused-ring (bicyclic) bond motifs is 1. The van der Waals surface area contributed by atoms with E-state index < -0.39 is 6.36 Å². The first kappa shape index (κ1) is 23.5. The van der Waals surface area contributed by atoms with Crippen molar-refractivity contribution in [3.05, 3.63) is 35.5 Å². The fourth-order valence-corrected chi connectivity index (χ4v) is 3.34. The number of alkyl halides is 3. The van der Waals surface area contributed by atoms with Crippen LogP contribution >= 0.6 is 24.8 Å². The Morgan fingerprint density at radius 1 is 1.10 bits per heavy atom. The zero-order chi connectivity index (χ0) is 18.9. The summed E-state index contributed by atoms with van der Waals surface area (Å²) in [6, 6.07) is 5.77. The third-order valence-electron chi connectivity index (χ3n) is 4.55. The summed E-state index contributed by atoms with van der Waals surface area (Å²) in [6.45, 7) is 4.17. The number of ether oxygens (including phenoxy) is 2. The summed E-state index contributed by atoms with van der Waals surface area (Å²) in [5, 5.41) is 3.29. The maximum Gasteiger partial charge on any atom is 0.573 e. The molecule has 1 N–H and O–H groups in total. The van der Waals surface area contributed by atoms with Crippen molar-refractivity contribution in [1.82, 2.24) is 15.3 Å². The summed E-state index contributed by atoms with van der Waals surface area (Å²) in [6.07, 6.45) is -3.92. The minimum absolute atomic E-state index is 0. The predicted molar refractivity (Wildman–Crippen MR) is 107 cm³/mol. The molecular formula is C18H21Cl2F3N4O2. The molecule has 1 aromatic heterocycles. The van der Waals surface area contributed by atoms with Gasteiger partial charge in [0.15, 0.2) is 5.82 Å². The van der Waals surface area contributed by atoms with E-state index in [1.54, 1.807) is 6.07 Å². The highest BCUT2D eigenvalue weighted by molar-refractivity contribution is 5.85. The summed E-state index contributed by atoms with van der Waals surface area (Å²) in [7, 11) is 0. The third-order valence-corrected chi connectivity index (χ3v) is 4.55. The lowest BCUT2D eigenvalue weighted by atomic mass is 10.1. The third kappa shape index (κ3) is 5.63. The van der Waals surface area contributed by atoms with E-state index in [1.165, 1.54) is 18.2 Å². The zero-order valence-electron chi connectivity index (χ0n) is 15.4. The Bertz CT molecular complexity index is 833. The number of aromatic nitrogens is 2. The number of hydrogen-bond donors (Lipinski definition) is 1. The van der Waals surface area contributed by atoms with Crippen molar-refractivity contribution in [2.24, 2.45) is 0 Å². The number of hydrogen-bond acceptors (Lipinski definition) is 6. The van der Waals surface area contributed by atoms with Crippen molar-refractivity contribution >= 4 is 30.6 Å². The van der Waals surface area contributed by atoms with Gasteiger partial charge in [0.2, 0.25) is 0 Å². The lowest BCUT2D eigenvalue weighted by molar-refractivity contribution is -0.274. The van der Waals surface area contributed by atoms with E-state index >= 15 is 0 Å². The fraction of sp³-hybridized carbons (Fsp3) is 0.444. The predicted octanol–water partition coefficient (Wildman–Crippen LogP) is 3.37. The maximum absolute atomic E-state index is 12.5. The van der Waals surface area contributed by atoms with E-state index in [0.717, 1.165) is 43.1 Å². The van der Waals surface area contributed by atoms with Crippen LogP contribution in [0, 0.1) is 0 Å². The van der Waals surface area contributed by atoms with Crippen molar-refractivity contribution in [2.75, 3.05) is 37.7 Å². The summed E-state index contributed by atoms with van der Waals surface area (Å²) in [5.74, 6) is 0.959. The molecular weight excluding hydrogens is 432 g/mol. The molecule has 0 radical (unpaired) electrons. The van der Waals surface area contributed by atoms with Gasteiger partial charge >= 0.3 is 6.36 Å². The molecule has 0 aliphatic carbocycles. The van der Waals surface area contributed by atoms with Crippen LogP contribution in [0.15, 0.2) is 24.3 Å². The van der Waals surface area contributed by atoms with Crippen LogP contribution in [0.1, 0.15) is 11.3 Å². The van der Waals surface area contributed by atoms with Gasteiger partial charge in [-0.15, -0.1) is 38.0 Å². The Morgan fingerprint density at radius 2 is 1.86 bits per heavy atom. The number of nitrogens with one attached hydrogen (secondary N) is 1. The first-order valence-corrected chi connectivity index (χ1v) is 8.79. The van der Waals surface area contributed by atoms with Crippen molar-refractivity contribution < 1.29 is 22.6 Å². The minimum Gasteiger partial charge on any atom is -0.406 e. The second kappa shape index (κ2) is 9.80. The molecule has 3 heterocycles. The van der Waals surface area contributed by atoms with Gasteiger partial charge in [0.05, 0.1) is 18.9 Å². The molecule has 2 aliphatic heterocycles. The summed E-state index contributed by atoms with van der Waals surface area (Å²) in [5.41, 5.74) is 2.47. The molecule has 0 bridgehead atoms. The van der Waals surface area contributed by atoms with Crippen LogP contribution in [0.2, 0.25) is 0 Å². The van der Waals surface area contributed by atoms with Crippen LogP contribution in [0.4, 0.5) is 19.0 Å². The van der Waals surface area contributed by atoms with E-state index in [0.29, 0.717) is 31.1 Å². The maximum atomic E-state index is 12.5. The highest BCUT2D eigenvalue weighted by atomic mass is 35.5. The molecule has 1 saturated heterocycles. The molecule has 0 amide bonds. The van der Waals surface area contributed by atoms with E-state index in [9.17, 15) is 13.2 Å². The molecule has 160 valence electrons. The minimum atomic E-state index is -4.74. The van der Waals surface area contributed by atoms with Gasteiger partial charge in [0.1, 0.15) is 11.6 Å². The van der Waals surface area contributed by atoms with Crippen molar-refractivity contribution in [3.63, 3.8) is 0 Å². The lowest BCUT2D eigenvalue weighted by Gasteiger charge is -2.31. The summed E-state index contributed by atoms with van der Waals surface area (Å²) in [4.78, 5) is 11.5. The number of nitrogens with zero attached hydrogens (tertiary/aromatic N) is 3. The Morgan fingerprint density at radius 3 is 2.59 bits per heavy atom. The van der Waals surface area contributed by atoms with Crippen LogP contribution in [-0.2, 0) is 17.7 Å². The first-order chi connectivity index (χ1) is 13.0. The lowest BCUT2D eigenvalue weighted by Crippen LogP contribution is -2.39. The smallest absolute Gasteiger partial charge is 0.406 e. The molecule has 0 atom stereocenters. The molecule has 4 rings (SSSR count). The van der Waals surface area contributed by atoms with Gasteiger partial charge < -0.3 is 19.7 Å². The monoisotopic (exact) mass is 452 g/mol. The van der Waals surface area contributed by atoms with Crippen molar-refractivity contribution in [3.8, 4) is 17.1 Å². The normalized spacial score (nSPS) is 16.3. The molecule has 0 spiro atoms. The standard InChI is InChI=1S/C18H19F3N4O2.2ClH/c19-18(20,21)27-13-3-1-2-12(10-13)16-23-15-11-22-5-4-14(15)17(24-16)25-6-8-26-9-7-25;;/h1-3,10,22H,4-9,11H2;2*1H. The second-order valence-corrected chi connectivity index (χ2v) is 6.40. The van der Waals surface area contributed by atoms with Crippen LogP contribution in [0.25, 0.3) is 11.4 Å². The Labute approximate surface area is 178 Å². The highest BCUT2D eigenvalue weighted by Gasteiger charge is 2.31. The fourth-order valence-electron chi connectivity index (χ4n) is 3.34. The van der Waals surface area contributed by atoms with Gasteiger partial charge in [-0.05, 0) is 25.1 Å². The Hall–Kier alpha value is -1.81. The molecule has 1 aromatic carbocycles. The van der Waals surface area contributed by atoms with E-state index in [-0.39, 0.29) is 30.6 Å². The van der Waals surface area contributed by atoms with E-state index in [2.05, 4.69) is 19.9 Å². The zero-order valence-corrected chi connectivity index (χ0v) is 17.0. The average Bonchev–Trinajstić information content (AvgIpc) is 2.67. The molecule has 0 unspecified atom stereocenters. The number of anilines is 1. The van der Waals surface area contributed by atoms with Crippen LogP contribution in [0.5, 0.6) is 5.75 Å². The largest absolute Gasteiger partial charge is 0.573 e. The van der Waals surface area contributed by atoms with Gasteiger partial charge in [-0.3, -0.25) is 0 Å². The molecule has 6 nitrogen and oxygen atoms in total. The van der Waals surface area contributed by atoms with Crippen molar-refractivity contribution in [2.45, 2.75) is 19.3 Å². The van der Waals surface area contributed by atoms with Crippen LogP contribution in [-0.4, -0.2) is 49.2 Å². The molecule has 0 saturated carbocycles. The van der Waals surface area contributed by atoms with E-state index in [4.69, 9.17) is 9.72 Å².